The minimum absolute atomic E-state index is 0. The second kappa shape index (κ2) is 8.64. The fourth-order valence-corrected chi connectivity index (χ4v) is 3.95. The van der Waals surface area contributed by atoms with Crippen LogP contribution in [0.3, 0.4) is 0 Å². The van der Waals surface area contributed by atoms with E-state index >= 15 is 0 Å². The van der Waals surface area contributed by atoms with E-state index < -0.39 is 6.04 Å². The van der Waals surface area contributed by atoms with Gasteiger partial charge in [-0.3, -0.25) is 4.79 Å². The average Bonchev–Trinajstić information content (AvgIpc) is 2.98. The minimum Gasteiger partial charge on any atom is -0.381 e. The topological polar surface area (TPSA) is 64.4 Å². The monoisotopic (exact) mass is 354 g/mol. The van der Waals surface area contributed by atoms with E-state index in [9.17, 15) is 4.79 Å². The van der Waals surface area contributed by atoms with E-state index in [-0.39, 0.29) is 24.2 Å². The van der Waals surface area contributed by atoms with Crippen molar-refractivity contribution in [1.29, 1.82) is 0 Å². The van der Waals surface area contributed by atoms with Gasteiger partial charge in [0.2, 0.25) is 5.91 Å². The van der Waals surface area contributed by atoms with Crippen LogP contribution in [0.2, 0.25) is 0 Å². The fraction of sp³-hybridized carbons (Fsp3) is 0.471. The van der Waals surface area contributed by atoms with Crippen LogP contribution in [0.5, 0.6) is 0 Å². The molecule has 1 aromatic carbocycles. The number of fused-ring (bicyclic) bond motifs is 1. The molecule has 23 heavy (non-hydrogen) atoms. The van der Waals surface area contributed by atoms with Gasteiger partial charge in [-0.25, -0.2) is 0 Å². The van der Waals surface area contributed by atoms with Crippen molar-refractivity contribution in [2.75, 3.05) is 19.8 Å². The predicted octanol–water partition coefficient (Wildman–Crippen LogP) is 2.74. The highest BCUT2D eigenvalue weighted by atomic mass is 35.5. The number of carbonyl (C=O) groups excluding carboxylic acids is 1. The van der Waals surface area contributed by atoms with Gasteiger partial charge in [0.15, 0.2) is 0 Å². The molecule has 1 unspecified atom stereocenters. The first-order valence-corrected chi connectivity index (χ1v) is 8.70. The first kappa shape index (κ1) is 18.2. The number of thiophene rings is 1. The van der Waals surface area contributed by atoms with Crippen molar-refractivity contribution in [3.63, 3.8) is 0 Å². The molecule has 2 heterocycles. The lowest BCUT2D eigenvalue weighted by molar-refractivity contribution is -0.124. The molecule has 1 aromatic heterocycles. The van der Waals surface area contributed by atoms with E-state index in [2.05, 4.69) is 35.0 Å². The third kappa shape index (κ3) is 4.44. The number of hydrogen-bond donors (Lipinski definition) is 2. The van der Waals surface area contributed by atoms with E-state index in [0.717, 1.165) is 19.3 Å². The SMILES string of the molecule is Cl.NC(C(=O)NCCc1csc2ccccc12)C1CCOCC1. The number of rotatable bonds is 5. The van der Waals surface area contributed by atoms with Gasteiger partial charge in [0.05, 0.1) is 6.04 Å². The fourth-order valence-electron chi connectivity index (χ4n) is 2.95. The maximum Gasteiger partial charge on any atom is 0.237 e. The van der Waals surface area contributed by atoms with Crippen LogP contribution in [0.15, 0.2) is 29.6 Å². The molecule has 6 heteroatoms. The number of nitrogens with one attached hydrogen (secondary N) is 1. The Kier molecular flexibility index (Phi) is 6.84. The van der Waals surface area contributed by atoms with Crippen LogP contribution in [0.25, 0.3) is 10.1 Å². The Morgan fingerprint density at radius 1 is 1.35 bits per heavy atom. The van der Waals surface area contributed by atoms with Crippen LogP contribution in [-0.4, -0.2) is 31.7 Å². The maximum atomic E-state index is 12.2. The first-order chi connectivity index (χ1) is 10.8. The van der Waals surface area contributed by atoms with Gasteiger partial charge < -0.3 is 15.8 Å². The molecule has 1 fully saturated rings. The molecule has 1 atom stereocenters. The molecule has 1 aliphatic rings. The van der Waals surface area contributed by atoms with Gasteiger partial charge in [-0.1, -0.05) is 18.2 Å². The third-order valence-electron chi connectivity index (χ3n) is 4.33. The summed E-state index contributed by atoms with van der Waals surface area (Å²) < 4.78 is 6.61. The molecule has 0 aliphatic carbocycles. The highest BCUT2D eigenvalue weighted by Gasteiger charge is 2.26. The summed E-state index contributed by atoms with van der Waals surface area (Å²) >= 11 is 1.75. The molecule has 3 rings (SSSR count). The van der Waals surface area contributed by atoms with Crippen molar-refractivity contribution < 1.29 is 9.53 Å². The summed E-state index contributed by atoms with van der Waals surface area (Å²) in [5.41, 5.74) is 7.37. The molecule has 0 spiro atoms. The lowest BCUT2D eigenvalue weighted by Crippen LogP contribution is -2.47. The van der Waals surface area contributed by atoms with Crippen molar-refractivity contribution in [2.24, 2.45) is 11.7 Å². The third-order valence-corrected chi connectivity index (χ3v) is 5.34. The summed E-state index contributed by atoms with van der Waals surface area (Å²) in [6, 6.07) is 7.96. The Hall–Kier alpha value is -1.14. The molecule has 126 valence electrons. The number of amides is 1. The van der Waals surface area contributed by atoms with E-state index in [4.69, 9.17) is 10.5 Å². The van der Waals surface area contributed by atoms with E-state index in [1.54, 1.807) is 11.3 Å². The summed E-state index contributed by atoms with van der Waals surface area (Å²) in [6.45, 7) is 2.07. The van der Waals surface area contributed by atoms with Crippen molar-refractivity contribution in [2.45, 2.75) is 25.3 Å². The normalized spacial score (nSPS) is 16.7. The predicted molar refractivity (Wildman–Crippen MR) is 97.3 cm³/mol. The van der Waals surface area contributed by atoms with Gasteiger partial charge in [0, 0.05) is 24.5 Å². The number of carbonyl (C=O) groups is 1. The Morgan fingerprint density at radius 3 is 2.87 bits per heavy atom. The summed E-state index contributed by atoms with van der Waals surface area (Å²) in [5, 5.41) is 6.45. The molecule has 0 saturated carbocycles. The van der Waals surface area contributed by atoms with Crippen LogP contribution in [0.4, 0.5) is 0 Å². The van der Waals surface area contributed by atoms with Crippen LogP contribution in [0, 0.1) is 5.92 Å². The van der Waals surface area contributed by atoms with Crippen LogP contribution in [0.1, 0.15) is 18.4 Å². The largest absolute Gasteiger partial charge is 0.381 e. The van der Waals surface area contributed by atoms with Gasteiger partial charge in [-0.2, -0.15) is 0 Å². The van der Waals surface area contributed by atoms with E-state index in [1.165, 1.54) is 15.6 Å². The van der Waals surface area contributed by atoms with Crippen molar-refractivity contribution in [3.05, 3.63) is 35.2 Å². The smallest absolute Gasteiger partial charge is 0.237 e. The standard InChI is InChI=1S/C17H22N2O2S.ClH/c18-16(12-6-9-21-10-7-12)17(20)19-8-5-13-11-22-15-4-2-1-3-14(13)15;/h1-4,11-12,16H,5-10,18H2,(H,19,20);1H. The average molecular weight is 355 g/mol. The van der Waals surface area contributed by atoms with Crippen molar-refractivity contribution >= 4 is 39.7 Å². The molecule has 1 amide bonds. The Morgan fingerprint density at radius 2 is 2.09 bits per heavy atom. The zero-order valence-electron chi connectivity index (χ0n) is 13.0. The maximum absolute atomic E-state index is 12.2. The Bertz CT molecular complexity index is 640. The number of ether oxygens (including phenoxy) is 1. The summed E-state index contributed by atoms with van der Waals surface area (Å²) in [6.07, 6.45) is 2.60. The van der Waals surface area contributed by atoms with Gasteiger partial charge in [-0.15, -0.1) is 23.7 Å². The van der Waals surface area contributed by atoms with Crippen molar-refractivity contribution in [3.8, 4) is 0 Å². The Balaban J connectivity index is 0.00000192. The zero-order chi connectivity index (χ0) is 15.4. The molecule has 3 N–H and O–H groups in total. The molecule has 1 saturated heterocycles. The zero-order valence-corrected chi connectivity index (χ0v) is 14.6. The highest BCUT2D eigenvalue weighted by molar-refractivity contribution is 7.17. The van der Waals surface area contributed by atoms with Crippen molar-refractivity contribution in [1.82, 2.24) is 5.32 Å². The molecular weight excluding hydrogens is 332 g/mol. The van der Waals surface area contributed by atoms with E-state index in [1.807, 2.05) is 0 Å². The first-order valence-electron chi connectivity index (χ1n) is 7.82. The van der Waals surface area contributed by atoms with E-state index in [0.29, 0.717) is 19.8 Å². The Labute approximate surface area is 146 Å². The number of hydrogen-bond acceptors (Lipinski definition) is 4. The van der Waals surface area contributed by atoms with Crippen LogP contribution >= 0.6 is 23.7 Å². The van der Waals surface area contributed by atoms with Crippen LogP contribution in [-0.2, 0) is 16.0 Å². The molecule has 0 radical (unpaired) electrons. The number of benzene rings is 1. The summed E-state index contributed by atoms with van der Waals surface area (Å²) in [7, 11) is 0. The molecular formula is C17H23ClN2O2S. The molecule has 2 aromatic rings. The van der Waals surface area contributed by atoms with Gasteiger partial charge in [-0.05, 0) is 47.6 Å². The molecule has 1 aliphatic heterocycles. The number of nitrogens with two attached hydrogens (primary N) is 1. The second-order valence-electron chi connectivity index (χ2n) is 5.77. The lowest BCUT2D eigenvalue weighted by atomic mass is 9.92. The summed E-state index contributed by atoms with van der Waals surface area (Å²) in [5.74, 6) is 0.210. The van der Waals surface area contributed by atoms with Gasteiger partial charge >= 0.3 is 0 Å². The lowest BCUT2D eigenvalue weighted by Gasteiger charge is -2.26. The summed E-state index contributed by atoms with van der Waals surface area (Å²) in [4.78, 5) is 12.2. The van der Waals surface area contributed by atoms with Gasteiger partial charge in [0.25, 0.3) is 0 Å². The highest BCUT2D eigenvalue weighted by Crippen LogP contribution is 2.25. The molecule has 0 bridgehead atoms. The quantitative estimate of drug-likeness (QED) is 0.867. The second-order valence-corrected chi connectivity index (χ2v) is 6.68. The number of halogens is 1. The van der Waals surface area contributed by atoms with Crippen LogP contribution < -0.4 is 11.1 Å². The minimum atomic E-state index is -0.414. The molecule has 4 nitrogen and oxygen atoms in total. The van der Waals surface area contributed by atoms with Gasteiger partial charge in [0.1, 0.15) is 0 Å².